The maximum atomic E-state index is 11.9. The smallest absolute Gasteiger partial charge is 0.331 e. The van der Waals surface area contributed by atoms with Crippen LogP contribution < -0.4 is 9.47 Å². The Kier molecular flexibility index (Phi) is 3.40. The summed E-state index contributed by atoms with van der Waals surface area (Å²) in [7, 11) is 0. The van der Waals surface area contributed by atoms with Crippen molar-refractivity contribution in [3.05, 3.63) is 28.8 Å². The van der Waals surface area contributed by atoms with Crippen LogP contribution in [-0.2, 0) is 22.4 Å². The fourth-order valence-corrected chi connectivity index (χ4v) is 2.73. The van der Waals surface area contributed by atoms with Gasteiger partial charge in [-0.25, -0.2) is 4.79 Å². The quantitative estimate of drug-likeness (QED) is 0.620. The van der Waals surface area contributed by atoms with Gasteiger partial charge in [-0.05, 0) is 32.4 Å². The van der Waals surface area contributed by atoms with E-state index in [1.165, 1.54) is 17.2 Å². The van der Waals surface area contributed by atoms with E-state index >= 15 is 0 Å². The lowest BCUT2D eigenvalue weighted by Gasteiger charge is -2.18. The Labute approximate surface area is 124 Å². The number of carbonyl (C=O) groups is 1. The lowest BCUT2D eigenvalue weighted by molar-refractivity contribution is -0.148. The van der Waals surface area contributed by atoms with E-state index in [1.54, 1.807) is 0 Å². The summed E-state index contributed by atoms with van der Waals surface area (Å²) in [5.41, 5.74) is 2.91. The van der Waals surface area contributed by atoms with Gasteiger partial charge in [0.1, 0.15) is 17.1 Å². The predicted molar refractivity (Wildman–Crippen MR) is 79.7 cm³/mol. The van der Waals surface area contributed by atoms with Crippen molar-refractivity contribution in [1.29, 1.82) is 0 Å². The number of rotatable bonds is 2. The molecule has 4 heteroatoms. The Hall–Kier alpha value is -1.97. The highest BCUT2D eigenvalue weighted by atomic mass is 16.6. The highest BCUT2D eigenvalue weighted by molar-refractivity contribution is 5.88. The number of ether oxygens (including phenoxy) is 3. The SMILES string of the molecule is CC(C)(C)OC(=O)/C=C/c1c2c(cc3c1CCO3)OCC2. The summed E-state index contributed by atoms with van der Waals surface area (Å²) >= 11 is 0. The predicted octanol–water partition coefficient (Wildman–Crippen LogP) is 2.91. The second-order valence-electron chi connectivity index (χ2n) is 6.31. The second-order valence-corrected chi connectivity index (χ2v) is 6.31. The lowest BCUT2D eigenvalue weighted by Crippen LogP contribution is -2.22. The van der Waals surface area contributed by atoms with E-state index in [1.807, 2.05) is 32.9 Å². The zero-order valence-corrected chi connectivity index (χ0v) is 12.7. The van der Waals surface area contributed by atoms with Crippen LogP contribution in [0.5, 0.6) is 11.5 Å². The molecule has 0 aromatic heterocycles. The van der Waals surface area contributed by atoms with Crippen molar-refractivity contribution in [2.75, 3.05) is 13.2 Å². The van der Waals surface area contributed by atoms with Crippen LogP contribution in [0.15, 0.2) is 12.1 Å². The third-order valence-corrected chi connectivity index (χ3v) is 3.52. The summed E-state index contributed by atoms with van der Waals surface area (Å²) < 4.78 is 16.6. The van der Waals surface area contributed by atoms with Crippen LogP contribution in [0.3, 0.4) is 0 Å². The maximum Gasteiger partial charge on any atom is 0.331 e. The van der Waals surface area contributed by atoms with Crippen molar-refractivity contribution < 1.29 is 19.0 Å². The molecular weight excluding hydrogens is 268 g/mol. The Bertz CT molecular complexity index is 576. The zero-order chi connectivity index (χ0) is 15.0. The molecule has 0 unspecified atom stereocenters. The Morgan fingerprint density at radius 3 is 2.24 bits per heavy atom. The van der Waals surface area contributed by atoms with Gasteiger partial charge in [0.05, 0.1) is 13.2 Å². The summed E-state index contributed by atoms with van der Waals surface area (Å²) in [6, 6.07) is 1.97. The molecule has 0 spiro atoms. The number of esters is 1. The van der Waals surface area contributed by atoms with Gasteiger partial charge in [-0.3, -0.25) is 0 Å². The summed E-state index contributed by atoms with van der Waals surface area (Å²) in [6.45, 7) is 6.95. The molecule has 0 aliphatic carbocycles. The fourth-order valence-electron chi connectivity index (χ4n) is 2.73. The van der Waals surface area contributed by atoms with Crippen molar-refractivity contribution in [2.24, 2.45) is 0 Å². The first-order valence-electron chi connectivity index (χ1n) is 7.29. The molecule has 3 rings (SSSR count). The van der Waals surface area contributed by atoms with Crippen LogP contribution in [-0.4, -0.2) is 24.8 Å². The number of hydrogen-bond acceptors (Lipinski definition) is 4. The molecule has 1 aromatic rings. The summed E-state index contributed by atoms with van der Waals surface area (Å²) in [5, 5.41) is 0. The van der Waals surface area contributed by atoms with Gasteiger partial charge in [0, 0.05) is 36.1 Å². The van der Waals surface area contributed by atoms with Crippen molar-refractivity contribution in [2.45, 2.75) is 39.2 Å². The van der Waals surface area contributed by atoms with Gasteiger partial charge in [-0.1, -0.05) is 0 Å². The van der Waals surface area contributed by atoms with Crippen molar-refractivity contribution in [3.63, 3.8) is 0 Å². The zero-order valence-electron chi connectivity index (χ0n) is 12.7. The molecule has 0 amide bonds. The molecule has 2 aliphatic rings. The van der Waals surface area contributed by atoms with Crippen LogP contribution in [0.4, 0.5) is 0 Å². The molecule has 0 saturated heterocycles. The van der Waals surface area contributed by atoms with E-state index in [0.29, 0.717) is 13.2 Å². The molecule has 112 valence electrons. The fraction of sp³-hybridized carbons (Fsp3) is 0.471. The number of fused-ring (bicyclic) bond motifs is 2. The van der Waals surface area contributed by atoms with E-state index < -0.39 is 5.60 Å². The standard InChI is InChI=1S/C17H20O4/c1-17(2,3)21-16(18)5-4-11-12-6-8-19-14(12)10-15-13(11)7-9-20-15/h4-5,10H,6-9H2,1-3H3/b5-4+. The third kappa shape index (κ3) is 2.89. The normalized spacial score (nSPS) is 16.3. The first-order chi connectivity index (χ1) is 9.94. The molecule has 1 aromatic carbocycles. The van der Waals surface area contributed by atoms with Gasteiger partial charge in [0.2, 0.25) is 0 Å². The molecule has 2 aliphatic heterocycles. The van der Waals surface area contributed by atoms with Crippen LogP contribution in [0.2, 0.25) is 0 Å². The van der Waals surface area contributed by atoms with E-state index in [4.69, 9.17) is 14.2 Å². The maximum absolute atomic E-state index is 11.9. The molecule has 0 fully saturated rings. The van der Waals surface area contributed by atoms with E-state index in [0.717, 1.165) is 29.9 Å². The molecule has 0 bridgehead atoms. The molecule has 4 nitrogen and oxygen atoms in total. The molecule has 0 N–H and O–H groups in total. The highest BCUT2D eigenvalue weighted by Crippen LogP contribution is 2.40. The van der Waals surface area contributed by atoms with Gasteiger partial charge in [-0.2, -0.15) is 0 Å². The van der Waals surface area contributed by atoms with E-state index in [2.05, 4.69) is 0 Å². The first kappa shape index (κ1) is 14.0. The van der Waals surface area contributed by atoms with Crippen LogP contribution in [0.1, 0.15) is 37.5 Å². The topological polar surface area (TPSA) is 44.8 Å². The Morgan fingerprint density at radius 1 is 1.14 bits per heavy atom. The third-order valence-electron chi connectivity index (χ3n) is 3.52. The van der Waals surface area contributed by atoms with Crippen LogP contribution in [0, 0.1) is 0 Å². The first-order valence-corrected chi connectivity index (χ1v) is 7.29. The van der Waals surface area contributed by atoms with Crippen molar-refractivity contribution in [3.8, 4) is 11.5 Å². The minimum Gasteiger partial charge on any atom is -0.493 e. The van der Waals surface area contributed by atoms with Gasteiger partial charge < -0.3 is 14.2 Å². The molecule has 0 atom stereocenters. The summed E-state index contributed by atoms with van der Waals surface area (Å²) in [5.74, 6) is 1.42. The Morgan fingerprint density at radius 2 is 1.71 bits per heavy atom. The largest absolute Gasteiger partial charge is 0.493 e. The minimum atomic E-state index is -0.478. The van der Waals surface area contributed by atoms with Crippen LogP contribution in [0.25, 0.3) is 6.08 Å². The summed E-state index contributed by atoms with van der Waals surface area (Å²) in [4.78, 5) is 11.9. The number of hydrogen-bond donors (Lipinski definition) is 0. The van der Waals surface area contributed by atoms with Gasteiger partial charge in [-0.15, -0.1) is 0 Å². The number of carbonyl (C=O) groups excluding carboxylic acids is 1. The van der Waals surface area contributed by atoms with Gasteiger partial charge in [0.15, 0.2) is 0 Å². The van der Waals surface area contributed by atoms with Gasteiger partial charge >= 0.3 is 5.97 Å². The van der Waals surface area contributed by atoms with Crippen molar-refractivity contribution >= 4 is 12.0 Å². The van der Waals surface area contributed by atoms with Crippen molar-refractivity contribution in [1.82, 2.24) is 0 Å². The summed E-state index contributed by atoms with van der Waals surface area (Å²) in [6.07, 6.45) is 5.08. The molecule has 0 saturated carbocycles. The molecular formula is C17H20O4. The number of benzene rings is 1. The highest BCUT2D eigenvalue weighted by Gasteiger charge is 2.25. The molecule has 21 heavy (non-hydrogen) atoms. The lowest BCUT2D eigenvalue weighted by atomic mass is 9.97. The molecule has 0 radical (unpaired) electrons. The monoisotopic (exact) mass is 288 g/mol. The average Bonchev–Trinajstić information content (AvgIpc) is 2.99. The average molecular weight is 288 g/mol. The van der Waals surface area contributed by atoms with Crippen LogP contribution >= 0.6 is 0 Å². The second kappa shape index (κ2) is 5.10. The molecule has 2 heterocycles. The van der Waals surface area contributed by atoms with E-state index in [9.17, 15) is 4.79 Å². The van der Waals surface area contributed by atoms with Gasteiger partial charge in [0.25, 0.3) is 0 Å². The Balaban J connectivity index is 1.91. The van der Waals surface area contributed by atoms with E-state index in [-0.39, 0.29) is 5.97 Å². The minimum absolute atomic E-state index is 0.327.